The number of hydrogen-bond donors (Lipinski definition) is 1. The third-order valence-electron chi connectivity index (χ3n) is 4.51. The molecule has 8 heteroatoms. The van der Waals surface area contributed by atoms with E-state index in [2.05, 4.69) is 5.32 Å². The number of thioether (sulfide) groups is 1. The predicted molar refractivity (Wildman–Crippen MR) is 122 cm³/mol. The fourth-order valence-electron chi connectivity index (χ4n) is 2.99. The van der Waals surface area contributed by atoms with Gasteiger partial charge in [-0.1, -0.05) is 54.4 Å². The first-order chi connectivity index (χ1) is 14.4. The standard InChI is InChI=1S/C22H25Cl2FN2O2S/c1-3-20(22(29)26-4-2)27(12-15-9-10-17(23)18(24)11-15)21(28)14-30-13-16-7-5-6-8-19(16)25/h5-11,20H,3-4,12-14H2,1-2H3,(H,26,29)/t20-/m1/s1. The van der Waals surface area contributed by atoms with E-state index < -0.39 is 6.04 Å². The number of carbonyl (C=O) groups excluding carboxylic acids is 2. The summed E-state index contributed by atoms with van der Waals surface area (Å²) in [6.07, 6.45) is 0.469. The zero-order chi connectivity index (χ0) is 22.1. The van der Waals surface area contributed by atoms with Crippen LogP contribution in [0.5, 0.6) is 0 Å². The second kappa shape index (κ2) is 12.2. The lowest BCUT2D eigenvalue weighted by Gasteiger charge is -2.30. The van der Waals surface area contributed by atoms with Crippen molar-refractivity contribution in [3.05, 3.63) is 69.5 Å². The fraction of sp³-hybridized carbons (Fsp3) is 0.364. The van der Waals surface area contributed by atoms with Crippen molar-refractivity contribution in [2.75, 3.05) is 12.3 Å². The number of halogens is 3. The molecule has 1 atom stereocenters. The Bertz CT molecular complexity index is 882. The summed E-state index contributed by atoms with van der Waals surface area (Å²) in [5, 5.41) is 3.61. The summed E-state index contributed by atoms with van der Waals surface area (Å²) in [6, 6.07) is 11.0. The lowest BCUT2D eigenvalue weighted by Crippen LogP contribution is -2.49. The van der Waals surface area contributed by atoms with Gasteiger partial charge in [0, 0.05) is 18.8 Å². The maximum absolute atomic E-state index is 13.8. The highest BCUT2D eigenvalue weighted by molar-refractivity contribution is 7.99. The molecule has 1 N–H and O–H groups in total. The van der Waals surface area contributed by atoms with Crippen molar-refractivity contribution in [1.82, 2.24) is 10.2 Å². The Morgan fingerprint density at radius 3 is 2.50 bits per heavy atom. The minimum absolute atomic E-state index is 0.131. The second-order valence-electron chi connectivity index (χ2n) is 6.67. The minimum Gasteiger partial charge on any atom is -0.355 e. The van der Waals surface area contributed by atoms with Gasteiger partial charge in [-0.2, -0.15) is 0 Å². The average Bonchev–Trinajstić information content (AvgIpc) is 2.72. The largest absolute Gasteiger partial charge is 0.355 e. The quantitative estimate of drug-likeness (QED) is 0.511. The molecule has 2 rings (SSSR count). The first-order valence-electron chi connectivity index (χ1n) is 9.69. The van der Waals surface area contributed by atoms with Crippen LogP contribution in [-0.2, 0) is 21.9 Å². The third kappa shape index (κ3) is 6.89. The Morgan fingerprint density at radius 2 is 1.87 bits per heavy atom. The van der Waals surface area contributed by atoms with Crippen LogP contribution in [-0.4, -0.2) is 35.1 Å². The van der Waals surface area contributed by atoms with E-state index in [4.69, 9.17) is 23.2 Å². The number of likely N-dealkylation sites (N-methyl/N-ethyl adjacent to an activating group) is 1. The van der Waals surface area contributed by atoms with Gasteiger partial charge in [0.2, 0.25) is 11.8 Å². The molecule has 2 amide bonds. The molecule has 0 unspecified atom stereocenters. The number of rotatable bonds is 10. The number of nitrogens with zero attached hydrogens (tertiary/aromatic N) is 1. The molecular weight excluding hydrogens is 446 g/mol. The zero-order valence-electron chi connectivity index (χ0n) is 17.0. The lowest BCUT2D eigenvalue weighted by atomic mass is 10.1. The van der Waals surface area contributed by atoms with E-state index in [0.717, 1.165) is 5.56 Å². The molecule has 2 aromatic carbocycles. The van der Waals surface area contributed by atoms with Crippen molar-refractivity contribution in [3.8, 4) is 0 Å². The van der Waals surface area contributed by atoms with Crippen molar-refractivity contribution in [1.29, 1.82) is 0 Å². The van der Waals surface area contributed by atoms with Crippen LogP contribution in [0.2, 0.25) is 10.0 Å². The molecule has 162 valence electrons. The van der Waals surface area contributed by atoms with Crippen LogP contribution in [0.25, 0.3) is 0 Å². The Kier molecular flexibility index (Phi) is 9.95. The van der Waals surface area contributed by atoms with Crippen molar-refractivity contribution < 1.29 is 14.0 Å². The van der Waals surface area contributed by atoms with Crippen LogP contribution >= 0.6 is 35.0 Å². The van der Waals surface area contributed by atoms with Gasteiger partial charge in [-0.25, -0.2) is 4.39 Å². The van der Waals surface area contributed by atoms with Gasteiger partial charge in [0.05, 0.1) is 15.8 Å². The molecule has 0 fully saturated rings. The summed E-state index contributed by atoms with van der Waals surface area (Å²) < 4.78 is 13.8. The normalized spacial score (nSPS) is 11.8. The maximum Gasteiger partial charge on any atom is 0.242 e. The number of nitrogens with one attached hydrogen (secondary N) is 1. The first kappa shape index (κ1) is 24.5. The molecule has 0 aliphatic rings. The van der Waals surface area contributed by atoms with Gasteiger partial charge in [0.1, 0.15) is 11.9 Å². The van der Waals surface area contributed by atoms with Crippen molar-refractivity contribution in [2.24, 2.45) is 0 Å². The highest BCUT2D eigenvalue weighted by atomic mass is 35.5. The number of hydrogen-bond acceptors (Lipinski definition) is 3. The number of amides is 2. The number of carbonyl (C=O) groups is 2. The van der Waals surface area contributed by atoms with E-state index in [1.54, 1.807) is 41.3 Å². The Morgan fingerprint density at radius 1 is 1.13 bits per heavy atom. The van der Waals surface area contributed by atoms with E-state index in [-0.39, 0.29) is 29.9 Å². The van der Waals surface area contributed by atoms with E-state index in [0.29, 0.717) is 34.3 Å². The molecule has 0 heterocycles. The summed E-state index contributed by atoms with van der Waals surface area (Å²) in [6.45, 7) is 4.40. The van der Waals surface area contributed by atoms with Gasteiger partial charge in [0.25, 0.3) is 0 Å². The van der Waals surface area contributed by atoms with Crippen LogP contribution in [0, 0.1) is 5.82 Å². The maximum atomic E-state index is 13.8. The van der Waals surface area contributed by atoms with Crippen LogP contribution in [0.3, 0.4) is 0 Å². The van der Waals surface area contributed by atoms with Crippen molar-refractivity contribution in [2.45, 2.75) is 38.6 Å². The molecule has 0 saturated heterocycles. The van der Waals surface area contributed by atoms with E-state index in [1.165, 1.54) is 17.8 Å². The van der Waals surface area contributed by atoms with E-state index in [1.807, 2.05) is 13.8 Å². The fourth-order valence-corrected chi connectivity index (χ4v) is 4.21. The van der Waals surface area contributed by atoms with Crippen LogP contribution in [0.4, 0.5) is 4.39 Å². The highest BCUT2D eigenvalue weighted by Gasteiger charge is 2.28. The second-order valence-corrected chi connectivity index (χ2v) is 8.47. The third-order valence-corrected chi connectivity index (χ3v) is 6.22. The van der Waals surface area contributed by atoms with E-state index in [9.17, 15) is 14.0 Å². The summed E-state index contributed by atoms with van der Waals surface area (Å²) >= 11 is 13.4. The van der Waals surface area contributed by atoms with Gasteiger partial charge in [-0.05, 0) is 42.7 Å². The molecule has 2 aromatic rings. The first-order valence-corrected chi connectivity index (χ1v) is 11.6. The molecule has 0 aliphatic carbocycles. The van der Waals surface area contributed by atoms with Gasteiger partial charge < -0.3 is 10.2 Å². The lowest BCUT2D eigenvalue weighted by molar-refractivity contribution is -0.139. The summed E-state index contributed by atoms with van der Waals surface area (Å²) in [5.41, 5.74) is 1.32. The molecule has 0 spiro atoms. The summed E-state index contributed by atoms with van der Waals surface area (Å²) in [5.74, 6) is -0.186. The van der Waals surface area contributed by atoms with E-state index >= 15 is 0 Å². The number of benzene rings is 2. The molecule has 0 bridgehead atoms. The molecule has 0 radical (unpaired) electrons. The van der Waals surface area contributed by atoms with Gasteiger partial charge in [-0.15, -0.1) is 11.8 Å². The minimum atomic E-state index is -0.610. The molecule has 4 nitrogen and oxygen atoms in total. The van der Waals surface area contributed by atoms with Crippen LogP contribution in [0.1, 0.15) is 31.4 Å². The Hall–Kier alpha value is -1.76. The molecule has 0 aliphatic heterocycles. The Labute approximate surface area is 191 Å². The molecular formula is C22H25Cl2FN2O2S. The molecule has 0 saturated carbocycles. The van der Waals surface area contributed by atoms with Crippen molar-refractivity contribution >= 4 is 46.8 Å². The van der Waals surface area contributed by atoms with Gasteiger partial charge >= 0.3 is 0 Å². The smallest absolute Gasteiger partial charge is 0.242 e. The zero-order valence-corrected chi connectivity index (χ0v) is 19.3. The summed E-state index contributed by atoms with van der Waals surface area (Å²) in [4.78, 5) is 27.2. The SMILES string of the molecule is CCNC(=O)[C@@H](CC)N(Cc1ccc(Cl)c(Cl)c1)C(=O)CSCc1ccccc1F. The van der Waals surface area contributed by atoms with Crippen LogP contribution < -0.4 is 5.32 Å². The summed E-state index contributed by atoms with van der Waals surface area (Å²) in [7, 11) is 0. The molecule has 0 aromatic heterocycles. The Balaban J connectivity index is 2.15. The van der Waals surface area contributed by atoms with Crippen LogP contribution in [0.15, 0.2) is 42.5 Å². The monoisotopic (exact) mass is 470 g/mol. The molecule has 30 heavy (non-hydrogen) atoms. The van der Waals surface area contributed by atoms with Crippen molar-refractivity contribution in [3.63, 3.8) is 0 Å². The predicted octanol–water partition coefficient (Wildman–Crippen LogP) is 5.31. The van der Waals surface area contributed by atoms with Gasteiger partial charge in [-0.3, -0.25) is 9.59 Å². The topological polar surface area (TPSA) is 49.4 Å². The highest BCUT2D eigenvalue weighted by Crippen LogP contribution is 2.24. The average molecular weight is 471 g/mol. The van der Waals surface area contributed by atoms with Gasteiger partial charge in [0.15, 0.2) is 0 Å².